The van der Waals surface area contributed by atoms with Crippen molar-refractivity contribution in [2.75, 3.05) is 0 Å². The summed E-state index contributed by atoms with van der Waals surface area (Å²) in [6.07, 6.45) is 0. The van der Waals surface area contributed by atoms with Crippen LogP contribution in [0.4, 0.5) is 0 Å². The molecule has 3 aromatic carbocycles. The molecule has 132 valence electrons. The van der Waals surface area contributed by atoms with Crippen LogP contribution in [0.3, 0.4) is 0 Å². The summed E-state index contributed by atoms with van der Waals surface area (Å²) in [7, 11) is 0. The Hall–Kier alpha value is -2.91. The Morgan fingerprint density at radius 2 is 1.27 bits per heavy atom. The van der Waals surface area contributed by atoms with Gasteiger partial charge < -0.3 is 10.4 Å². The second-order valence-corrected chi connectivity index (χ2v) is 6.58. The first kappa shape index (κ1) is 17.9. The highest BCUT2D eigenvalue weighted by atomic mass is 16.3. The molecule has 0 atom stereocenters. The predicted octanol–water partition coefficient (Wildman–Crippen LogP) is 4.32. The largest absolute Gasteiger partial charge is 0.392 e. The number of aryl methyl sites for hydroxylation is 2. The number of aliphatic hydroxyl groups is 1. The molecule has 2 N–H and O–H groups in total. The van der Waals surface area contributed by atoms with Crippen LogP contribution in [0, 0.1) is 13.8 Å². The maximum atomic E-state index is 12.8. The van der Waals surface area contributed by atoms with Gasteiger partial charge in [-0.1, -0.05) is 71.8 Å². The predicted molar refractivity (Wildman–Crippen MR) is 104 cm³/mol. The van der Waals surface area contributed by atoms with E-state index in [9.17, 15) is 4.79 Å². The molecule has 0 saturated heterocycles. The van der Waals surface area contributed by atoms with Gasteiger partial charge >= 0.3 is 0 Å². The van der Waals surface area contributed by atoms with Crippen molar-refractivity contribution in [1.82, 2.24) is 5.32 Å². The van der Waals surface area contributed by atoms with E-state index in [1.54, 1.807) is 24.3 Å². The number of benzene rings is 3. The van der Waals surface area contributed by atoms with E-state index in [4.69, 9.17) is 5.11 Å². The first-order valence-electron chi connectivity index (χ1n) is 8.70. The first-order valence-corrected chi connectivity index (χ1v) is 8.70. The Labute approximate surface area is 154 Å². The van der Waals surface area contributed by atoms with Gasteiger partial charge in [0.1, 0.15) is 0 Å². The Balaban J connectivity index is 1.90. The van der Waals surface area contributed by atoms with Crippen LogP contribution in [-0.2, 0) is 6.61 Å². The van der Waals surface area contributed by atoms with Crippen LogP contribution in [0.25, 0.3) is 0 Å². The van der Waals surface area contributed by atoms with E-state index in [2.05, 4.69) is 53.8 Å². The molecule has 0 unspecified atom stereocenters. The van der Waals surface area contributed by atoms with Crippen molar-refractivity contribution in [2.24, 2.45) is 0 Å². The third-order valence-corrected chi connectivity index (χ3v) is 4.50. The van der Waals surface area contributed by atoms with Crippen LogP contribution >= 0.6 is 0 Å². The number of hydrogen-bond acceptors (Lipinski definition) is 2. The van der Waals surface area contributed by atoms with E-state index in [0.29, 0.717) is 5.56 Å². The molecule has 0 fully saturated rings. The zero-order chi connectivity index (χ0) is 18.5. The first-order chi connectivity index (χ1) is 12.6. The number of nitrogens with one attached hydrogen (secondary N) is 1. The van der Waals surface area contributed by atoms with E-state index in [1.165, 1.54) is 11.1 Å². The molecule has 0 aliphatic carbocycles. The van der Waals surface area contributed by atoms with Crippen molar-refractivity contribution in [2.45, 2.75) is 26.5 Å². The minimum Gasteiger partial charge on any atom is -0.392 e. The summed E-state index contributed by atoms with van der Waals surface area (Å²) >= 11 is 0. The Bertz CT molecular complexity index is 820. The standard InChI is InChI=1S/C23H23NO2/c1-16-3-9-19(10-4-16)22(20-11-5-17(2)6-12-20)24-23(26)21-13-7-18(15-25)8-14-21/h3-14,22,25H,15H2,1-2H3,(H,24,26). The third kappa shape index (κ3) is 4.19. The highest BCUT2D eigenvalue weighted by Gasteiger charge is 2.18. The zero-order valence-electron chi connectivity index (χ0n) is 15.1. The minimum absolute atomic E-state index is 0.0305. The zero-order valence-corrected chi connectivity index (χ0v) is 15.1. The quantitative estimate of drug-likeness (QED) is 0.724. The van der Waals surface area contributed by atoms with E-state index in [1.807, 2.05) is 13.8 Å². The van der Waals surface area contributed by atoms with E-state index < -0.39 is 0 Å². The number of aliphatic hydroxyl groups excluding tert-OH is 1. The van der Waals surface area contributed by atoms with Crippen molar-refractivity contribution in [3.63, 3.8) is 0 Å². The lowest BCUT2D eigenvalue weighted by Crippen LogP contribution is -2.29. The number of carbonyl (C=O) groups is 1. The maximum Gasteiger partial charge on any atom is 0.252 e. The average Bonchev–Trinajstić information content (AvgIpc) is 2.67. The Kier molecular flexibility index (Phi) is 5.49. The molecule has 3 rings (SSSR count). The van der Waals surface area contributed by atoms with Crippen LogP contribution in [0.2, 0.25) is 0 Å². The van der Waals surface area contributed by atoms with Crippen LogP contribution in [-0.4, -0.2) is 11.0 Å². The van der Waals surface area contributed by atoms with Gasteiger partial charge in [-0.2, -0.15) is 0 Å². The molecule has 0 saturated carbocycles. The molecule has 0 bridgehead atoms. The molecular weight excluding hydrogens is 322 g/mol. The van der Waals surface area contributed by atoms with Crippen molar-refractivity contribution < 1.29 is 9.90 Å². The molecule has 0 aliphatic rings. The third-order valence-electron chi connectivity index (χ3n) is 4.50. The van der Waals surface area contributed by atoms with Crippen molar-refractivity contribution in [3.8, 4) is 0 Å². The second kappa shape index (κ2) is 7.98. The lowest BCUT2D eigenvalue weighted by atomic mass is 9.96. The van der Waals surface area contributed by atoms with Gasteiger partial charge in [-0.3, -0.25) is 4.79 Å². The summed E-state index contributed by atoms with van der Waals surface area (Å²) in [5.41, 5.74) is 5.81. The molecule has 26 heavy (non-hydrogen) atoms. The van der Waals surface area contributed by atoms with Crippen molar-refractivity contribution in [1.29, 1.82) is 0 Å². The molecule has 0 aliphatic heterocycles. The van der Waals surface area contributed by atoms with Crippen LogP contribution in [0.5, 0.6) is 0 Å². The number of rotatable bonds is 5. The monoisotopic (exact) mass is 345 g/mol. The maximum absolute atomic E-state index is 12.8. The van der Waals surface area contributed by atoms with Crippen molar-refractivity contribution >= 4 is 5.91 Å². The molecular formula is C23H23NO2. The van der Waals surface area contributed by atoms with Crippen LogP contribution in [0.15, 0.2) is 72.8 Å². The summed E-state index contributed by atoms with van der Waals surface area (Å²) in [4.78, 5) is 12.8. The summed E-state index contributed by atoms with van der Waals surface area (Å²) in [6, 6.07) is 23.2. The fourth-order valence-corrected chi connectivity index (χ4v) is 2.85. The van der Waals surface area contributed by atoms with Gasteiger partial charge in [0.15, 0.2) is 0 Å². The van der Waals surface area contributed by atoms with E-state index in [-0.39, 0.29) is 18.6 Å². The summed E-state index contributed by atoms with van der Waals surface area (Å²) in [5.74, 6) is -0.138. The molecule has 0 heterocycles. The number of hydrogen-bond donors (Lipinski definition) is 2. The smallest absolute Gasteiger partial charge is 0.252 e. The van der Waals surface area contributed by atoms with E-state index >= 15 is 0 Å². The normalized spacial score (nSPS) is 10.8. The SMILES string of the molecule is Cc1ccc(C(NC(=O)c2ccc(CO)cc2)c2ccc(C)cc2)cc1. The van der Waals surface area contributed by atoms with Gasteiger partial charge in [-0.15, -0.1) is 0 Å². The van der Waals surface area contributed by atoms with Crippen LogP contribution in [0.1, 0.15) is 44.2 Å². The van der Waals surface area contributed by atoms with E-state index in [0.717, 1.165) is 16.7 Å². The highest BCUT2D eigenvalue weighted by Crippen LogP contribution is 2.23. The minimum atomic E-state index is -0.221. The average molecular weight is 345 g/mol. The molecule has 1 amide bonds. The summed E-state index contributed by atoms with van der Waals surface area (Å²) in [5, 5.41) is 12.3. The lowest BCUT2D eigenvalue weighted by molar-refractivity contribution is 0.0943. The van der Waals surface area contributed by atoms with Gasteiger partial charge in [0.05, 0.1) is 12.6 Å². The van der Waals surface area contributed by atoms with Gasteiger partial charge in [0, 0.05) is 5.56 Å². The highest BCUT2D eigenvalue weighted by molar-refractivity contribution is 5.94. The molecule has 0 aromatic heterocycles. The molecule has 3 nitrogen and oxygen atoms in total. The fraction of sp³-hybridized carbons (Fsp3) is 0.174. The van der Waals surface area contributed by atoms with Gasteiger partial charge in [-0.05, 0) is 42.7 Å². The summed E-state index contributed by atoms with van der Waals surface area (Å²) in [6.45, 7) is 4.06. The van der Waals surface area contributed by atoms with Gasteiger partial charge in [-0.25, -0.2) is 0 Å². The van der Waals surface area contributed by atoms with Gasteiger partial charge in [0.2, 0.25) is 0 Å². The number of amides is 1. The second-order valence-electron chi connectivity index (χ2n) is 6.58. The Morgan fingerprint density at radius 3 is 1.69 bits per heavy atom. The topological polar surface area (TPSA) is 49.3 Å². The molecule has 0 spiro atoms. The van der Waals surface area contributed by atoms with Gasteiger partial charge in [0.25, 0.3) is 5.91 Å². The Morgan fingerprint density at radius 1 is 0.808 bits per heavy atom. The number of carbonyl (C=O) groups excluding carboxylic acids is 1. The molecule has 3 aromatic rings. The fourth-order valence-electron chi connectivity index (χ4n) is 2.85. The lowest BCUT2D eigenvalue weighted by Gasteiger charge is -2.20. The van der Waals surface area contributed by atoms with Crippen LogP contribution < -0.4 is 5.32 Å². The molecule has 3 heteroatoms. The summed E-state index contributed by atoms with van der Waals surface area (Å²) < 4.78 is 0. The molecule has 0 radical (unpaired) electrons. The van der Waals surface area contributed by atoms with Crippen molar-refractivity contribution in [3.05, 3.63) is 106 Å².